The summed E-state index contributed by atoms with van der Waals surface area (Å²) in [4.78, 5) is 12.2. The van der Waals surface area contributed by atoms with Crippen molar-refractivity contribution in [3.8, 4) is 0 Å². The molecule has 0 bridgehead atoms. The third kappa shape index (κ3) is 3.31. The molecule has 2 atom stereocenters. The monoisotopic (exact) mass is 269 g/mol. The van der Waals surface area contributed by atoms with Gasteiger partial charge in [0.25, 0.3) is 0 Å². The highest BCUT2D eigenvalue weighted by atomic mass is 16.6. The van der Waals surface area contributed by atoms with Crippen LogP contribution < -0.4 is 5.73 Å². The number of piperidine rings is 1. The fraction of sp³-hybridized carbons (Fsp3) is 0.667. The van der Waals surface area contributed by atoms with Crippen LogP contribution >= 0.6 is 0 Å². The van der Waals surface area contributed by atoms with E-state index < -0.39 is 4.92 Å². The summed E-state index contributed by atoms with van der Waals surface area (Å²) in [5.41, 5.74) is 5.78. The first-order valence-electron chi connectivity index (χ1n) is 6.34. The van der Waals surface area contributed by atoms with Crippen molar-refractivity contribution in [3.63, 3.8) is 0 Å². The van der Waals surface area contributed by atoms with Gasteiger partial charge in [-0.2, -0.15) is 0 Å². The van der Waals surface area contributed by atoms with Gasteiger partial charge in [-0.3, -0.25) is 15.0 Å². The number of nitrogens with two attached hydrogens (primary N) is 1. The largest absolute Gasteiger partial charge is 0.433 e. The van der Waals surface area contributed by atoms with Crippen LogP contribution in [0.1, 0.15) is 18.6 Å². The maximum Gasteiger partial charge on any atom is 0.433 e. The summed E-state index contributed by atoms with van der Waals surface area (Å²) >= 11 is 0. The van der Waals surface area contributed by atoms with Crippen LogP contribution in [0.2, 0.25) is 0 Å². The number of nitro groups is 1. The number of nitrogens with zero attached hydrogens (tertiary/aromatic N) is 2. The molecule has 106 valence electrons. The average Bonchev–Trinajstić information content (AvgIpc) is 2.88. The Morgan fingerprint density at radius 2 is 2.42 bits per heavy atom. The summed E-state index contributed by atoms with van der Waals surface area (Å²) < 4.78 is 10.5. The Hall–Kier alpha value is -1.44. The standard InChI is InChI=1S/C12H19N3O4/c1-18-10-4-5-14(9(6-10)7-13)8-11-2-3-12(19-11)15(16)17/h2-3,9-10H,4-8,13H2,1H3. The Kier molecular flexibility index (Phi) is 4.52. The van der Waals surface area contributed by atoms with Crippen molar-refractivity contribution in [2.45, 2.75) is 31.5 Å². The van der Waals surface area contributed by atoms with Crippen molar-refractivity contribution in [2.24, 2.45) is 5.73 Å². The van der Waals surface area contributed by atoms with Gasteiger partial charge in [-0.15, -0.1) is 0 Å². The molecule has 2 heterocycles. The van der Waals surface area contributed by atoms with Crippen molar-refractivity contribution in [1.82, 2.24) is 4.90 Å². The van der Waals surface area contributed by atoms with Crippen LogP contribution in [-0.4, -0.2) is 42.2 Å². The van der Waals surface area contributed by atoms with Crippen LogP contribution in [0.4, 0.5) is 5.88 Å². The van der Waals surface area contributed by atoms with E-state index >= 15 is 0 Å². The van der Waals surface area contributed by atoms with E-state index in [1.165, 1.54) is 6.07 Å². The third-order valence-corrected chi connectivity index (χ3v) is 3.58. The zero-order valence-electron chi connectivity index (χ0n) is 10.9. The molecule has 1 aliphatic rings. The minimum absolute atomic E-state index is 0.217. The van der Waals surface area contributed by atoms with Gasteiger partial charge in [0.2, 0.25) is 0 Å². The highest BCUT2D eigenvalue weighted by Crippen LogP contribution is 2.23. The number of furan rings is 1. The minimum atomic E-state index is -0.527. The fourth-order valence-corrected chi connectivity index (χ4v) is 2.48. The van der Waals surface area contributed by atoms with Crippen molar-refractivity contribution < 1.29 is 14.1 Å². The molecule has 19 heavy (non-hydrogen) atoms. The number of ether oxygens (including phenoxy) is 1. The number of hydrogen-bond acceptors (Lipinski definition) is 6. The van der Waals surface area contributed by atoms with E-state index in [4.69, 9.17) is 14.9 Å². The number of rotatable bonds is 5. The van der Waals surface area contributed by atoms with Gasteiger partial charge in [-0.1, -0.05) is 0 Å². The lowest BCUT2D eigenvalue weighted by atomic mass is 9.99. The first-order chi connectivity index (χ1) is 9.13. The lowest BCUT2D eigenvalue weighted by molar-refractivity contribution is -0.402. The molecular formula is C12H19N3O4. The molecule has 1 aromatic heterocycles. The molecule has 2 rings (SSSR count). The number of hydrogen-bond donors (Lipinski definition) is 1. The zero-order valence-corrected chi connectivity index (χ0v) is 10.9. The van der Waals surface area contributed by atoms with Gasteiger partial charge in [0.1, 0.15) is 10.7 Å². The van der Waals surface area contributed by atoms with Gasteiger partial charge in [-0.05, 0) is 18.9 Å². The molecule has 0 radical (unpaired) electrons. The maximum atomic E-state index is 10.6. The van der Waals surface area contributed by atoms with Gasteiger partial charge in [0.15, 0.2) is 0 Å². The van der Waals surface area contributed by atoms with Gasteiger partial charge < -0.3 is 14.9 Å². The third-order valence-electron chi connectivity index (χ3n) is 3.58. The molecule has 1 saturated heterocycles. The first kappa shape index (κ1) is 14.0. The Morgan fingerprint density at radius 1 is 1.63 bits per heavy atom. The SMILES string of the molecule is COC1CCN(Cc2ccc([N+](=O)[O-])o2)C(CN)C1. The van der Waals surface area contributed by atoms with Crippen LogP contribution in [-0.2, 0) is 11.3 Å². The highest BCUT2D eigenvalue weighted by Gasteiger charge is 2.28. The van der Waals surface area contributed by atoms with Crippen LogP contribution in [0.5, 0.6) is 0 Å². The second kappa shape index (κ2) is 6.14. The van der Waals surface area contributed by atoms with Crippen molar-refractivity contribution in [1.29, 1.82) is 0 Å². The van der Waals surface area contributed by atoms with E-state index in [2.05, 4.69) is 4.90 Å². The minimum Gasteiger partial charge on any atom is -0.404 e. The average molecular weight is 269 g/mol. The highest BCUT2D eigenvalue weighted by molar-refractivity contribution is 5.17. The Bertz CT molecular complexity index is 434. The lowest BCUT2D eigenvalue weighted by Gasteiger charge is -2.37. The van der Waals surface area contributed by atoms with Gasteiger partial charge in [0, 0.05) is 26.2 Å². The van der Waals surface area contributed by atoms with Gasteiger partial charge in [0.05, 0.1) is 18.7 Å². The lowest BCUT2D eigenvalue weighted by Crippen LogP contribution is -2.47. The predicted molar refractivity (Wildman–Crippen MR) is 68.6 cm³/mol. The first-order valence-corrected chi connectivity index (χ1v) is 6.34. The molecule has 0 amide bonds. The number of likely N-dealkylation sites (tertiary alicyclic amines) is 1. The molecule has 0 saturated carbocycles. The normalized spacial score (nSPS) is 24.5. The van der Waals surface area contributed by atoms with Crippen molar-refractivity contribution >= 4 is 5.88 Å². The molecule has 7 nitrogen and oxygen atoms in total. The van der Waals surface area contributed by atoms with Crippen LogP contribution in [0.3, 0.4) is 0 Å². The van der Waals surface area contributed by atoms with Gasteiger partial charge >= 0.3 is 5.88 Å². The molecule has 0 aliphatic carbocycles. The van der Waals surface area contributed by atoms with E-state index in [0.717, 1.165) is 19.4 Å². The van der Waals surface area contributed by atoms with E-state index in [9.17, 15) is 10.1 Å². The summed E-state index contributed by atoms with van der Waals surface area (Å²) in [5, 5.41) is 10.6. The molecule has 2 N–H and O–H groups in total. The maximum absolute atomic E-state index is 10.6. The Balaban J connectivity index is 1.99. The van der Waals surface area contributed by atoms with Crippen LogP contribution in [0.15, 0.2) is 16.5 Å². The summed E-state index contributed by atoms with van der Waals surface area (Å²) in [6, 6.07) is 3.26. The smallest absolute Gasteiger partial charge is 0.404 e. The van der Waals surface area contributed by atoms with Crippen molar-refractivity contribution in [3.05, 3.63) is 28.0 Å². The number of methoxy groups -OCH3 is 1. The molecule has 0 aromatic carbocycles. The molecule has 1 aliphatic heterocycles. The predicted octanol–water partition coefficient (Wildman–Crippen LogP) is 1.13. The second-order valence-corrected chi connectivity index (χ2v) is 4.74. The van der Waals surface area contributed by atoms with E-state index in [0.29, 0.717) is 18.8 Å². The topological polar surface area (TPSA) is 94.8 Å². The quantitative estimate of drug-likeness (QED) is 0.636. The summed E-state index contributed by atoms with van der Waals surface area (Å²) in [5.74, 6) is 0.382. The Labute approximate surface area is 111 Å². The molecule has 7 heteroatoms. The fourth-order valence-electron chi connectivity index (χ4n) is 2.48. The van der Waals surface area contributed by atoms with E-state index in [1.807, 2.05) is 0 Å². The summed E-state index contributed by atoms with van der Waals surface area (Å²) in [6.45, 7) is 1.95. The Morgan fingerprint density at radius 3 is 3.00 bits per heavy atom. The second-order valence-electron chi connectivity index (χ2n) is 4.74. The van der Waals surface area contributed by atoms with Crippen LogP contribution in [0.25, 0.3) is 0 Å². The van der Waals surface area contributed by atoms with E-state index in [1.54, 1.807) is 13.2 Å². The van der Waals surface area contributed by atoms with Crippen LogP contribution in [0, 0.1) is 10.1 Å². The molecule has 2 unspecified atom stereocenters. The van der Waals surface area contributed by atoms with Gasteiger partial charge in [-0.25, -0.2) is 0 Å². The van der Waals surface area contributed by atoms with Crippen molar-refractivity contribution in [2.75, 3.05) is 20.2 Å². The molecule has 0 spiro atoms. The molecule has 1 fully saturated rings. The molecular weight excluding hydrogens is 250 g/mol. The summed E-state index contributed by atoms with van der Waals surface area (Å²) in [6.07, 6.45) is 2.07. The summed E-state index contributed by atoms with van der Waals surface area (Å²) in [7, 11) is 1.71. The molecule has 1 aromatic rings. The zero-order chi connectivity index (χ0) is 13.8. The van der Waals surface area contributed by atoms with E-state index in [-0.39, 0.29) is 18.0 Å².